The molecule has 2 unspecified atom stereocenters. The molecule has 0 aliphatic heterocycles. The summed E-state index contributed by atoms with van der Waals surface area (Å²) in [6.45, 7) is 0.533. The van der Waals surface area contributed by atoms with Crippen LogP contribution in [0.5, 0.6) is 17.2 Å². The second-order valence-electron chi connectivity index (χ2n) is 8.85. The molecule has 0 saturated heterocycles. The molecule has 35 heavy (non-hydrogen) atoms. The number of nitrogens with one attached hydrogen (secondary N) is 2. The van der Waals surface area contributed by atoms with Crippen LogP contribution in [0.25, 0.3) is 0 Å². The number of rotatable bonds is 9. The molecule has 0 spiro atoms. The molecular weight excluding hydrogens is 440 g/mol. The van der Waals surface area contributed by atoms with Gasteiger partial charge in [0.15, 0.2) is 11.5 Å². The zero-order chi connectivity index (χ0) is 24.6. The fraction of sp³-hybridized carbons (Fsp3) is 0.345. The maximum Gasteiger partial charge on any atom is 0.315 e. The fourth-order valence-corrected chi connectivity index (χ4v) is 4.89. The summed E-state index contributed by atoms with van der Waals surface area (Å²) in [5.74, 6) is 2.46. The average molecular weight is 475 g/mol. The number of ether oxygens (including phenoxy) is 3. The van der Waals surface area contributed by atoms with E-state index in [-0.39, 0.29) is 18.0 Å². The first-order valence-electron chi connectivity index (χ1n) is 12.1. The minimum absolute atomic E-state index is 0.0529. The molecule has 0 bridgehead atoms. The summed E-state index contributed by atoms with van der Waals surface area (Å²) < 4.78 is 16.1. The Morgan fingerprint density at radius 2 is 1.69 bits per heavy atom. The molecule has 6 nitrogen and oxygen atoms in total. The highest BCUT2D eigenvalue weighted by atomic mass is 16.5. The van der Waals surface area contributed by atoms with Gasteiger partial charge in [0, 0.05) is 18.5 Å². The lowest BCUT2D eigenvalue weighted by Gasteiger charge is -2.34. The smallest absolute Gasteiger partial charge is 0.315 e. The molecule has 0 radical (unpaired) electrons. The number of urea groups is 1. The second-order valence-corrected chi connectivity index (χ2v) is 8.85. The van der Waals surface area contributed by atoms with Gasteiger partial charge in [-0.05, 0) is 72.2 Å². The maximum atomic E-state index is 12.8. The molecule has 3 aromatic carbocycles. The predicted octanol–water partition coefficient (Wildman–Crippen LogP) is 4.90. The third-order valence-corrected chi connectivity index (χ3v) is 6.72. The van der Waals surface area contributed by atoms with E-state index in [1.165, 1.54) is 16.7 Å². The van der Waals surface area contributed by atoms with Gasteiger partial charge in [-0.25, -0.2) is 4.79 Å². The molecule has 1 aliphatic carbocycles. The van der Waals surface area contributed by atoms with Crippen molar-refractivity contribution in [3.63, 3.8) is 0 Å². The number of amides is 2. The van der Waals surface area contributed by atoms with Gasteiger partial charge in [0.2, 0.25) is 0 Å². The van der Waals surface area contributed by atoms with E-state index in [0.29, 0.717) is 24.5 Å². The van der Waals surface area contributed by atoms with Gasteiger partial charge in [0.1, 0.15) is 5.75 Å². The Hall–Kier alpha value is -3.67. The number of aryl methyl sites for hydroxylation is 1. The normalized spacial score (nSPS) is 16.7. The van der Waals surface area contributed by atoms with Gasteiger partial charge in [-0.2, -0.15) is 0 Å². The fourth-order valence-electron chi connectivity index (χ4n) is 4.89. The van der Waals surface area contributed by atoms with Crippen molar-refractivity contribution in [2.75, 3.05) is 27.9 Å². The van der Waals surface area contributed by atoms with Crippen molar-refractivity contribution < 1.29 is 19.0 Å². The molecule has 2 N–H and O–H groups in total. The standard InChI is InChI=1S/C29H34N2O4/c1-33-23-11-12-24-22(19-23)10-13-26(25(24)17-20-7-5-4-6-8-20)31-29(32)30-16-15-21-9-14-27(34-2)28(18-21)35-3/h4-9,11-12,14,18-19,25-26H,10,13,15-17H2,1-3H3,(H2,30,31,32). The summed E-state index contributed by atoms with van der Waals surface area (Å²) in [5, 5.41) is 6.29. The van der Waals surface area contributed by atoms with E-state index in [2.05, 4.69) is 47.0 Å². The van der Waals surface area contributed by atoms with Crippen LogP contribution in [0.15, 0.2) is 66.7 Å². The molecule has 1 aliphatic rings. The Kier molecular flexibility index (Phi) is 8.14. The van der Waals surface area contributed by atoms with Gasteiger partial charge in [-0.3, -0.25) is 0 Å². The van der Waals surface area contributed by atoms with Crippen molar-refractivity contribution >= 4 is 6.03 Å². The molecule has 4 rings (SSSR count). The Morgan fingerprint density at radius 1 is 0.886 bits per heavy atom. The number of benzene rings is 3. The van der Waals surface area contributed by atoms with Crippen LogP contribution in [-0.4, -0.2) is 39.9 Å². The topological polar surface area (TPSA) is 68.8 Å². The number of hydrogen-bond donors (Lipinski definition) is 2. The largest absolute Gasteiger partial charge is 0.497 e. The summed E-state index contributed by atoms with van der Waals surface area (Å²) in [5.41, 5.74) is 4.93. The highest BCUT2D eigenvalue weighted by molar-refractivity contribution is 5.74. The molecule has 0 aromatic heterocycles. The number of carbonyl (C=O) groups is 1. The van der Waals surface area contributed by atoms with Crippen LogP contribution in [0.3, 0.4) is 0 Å². The van der Waals surface area contributed by atoms with Crippen molar-refractivity contribution in [3.8, 4) is 17.2 Å². The molecule has 3 aromatic rings. The Bertz CT molecular complexity index is 1130. The first-order valence-corrected chi connectivity index (χ1v) is 12.1. The number of carbonyl (C=O) groups excluding carboxylic acids is 1. The number of methoxy groups -OCH3 is 3. The van der Waals surface area contributed by atoms with Gasteiger partial charge in [-0.1, -0.05) is 42.5 Å². The predicted molar refractivity (Wildman–Crippen MR) is 138 cm³/mol. The number of fused-ring (bicyclic) bond motifs is 1. The molecule has 0 fully saturated rings. The van der Waals surface area contributed by atoms with Gasteiger partial charge < -0.3 is 24.8 Å². The van der Waals surface area contributed by atoms with Crippen molar-refractivity contribution in [3.05, 3.63) is 89.0 Å². The summed E-state index contributed by atoms with van der Waals surface area (Å²) in [6.07, 6.45) is 3.38. The lowest BCUT2D eigenvalue weighted by molar-refractivity contribution is 0.232. The van der Waals surface area contributed by atoms with Crippen LogP contribution >= 0.6 is 0 Å². The lowest BCUT2D eigenvalue weighted by atomic mass is 9.76. The highest BCUT2D eigenvalue weighted by Gasteiger charge is 2.31. The minimum atomic E-state index is -0.134. The second kappa shape index (κ2) is 11.6. The summed E-state index contributed by atoms with van der Waals surface area (Å²) in [4.78, 5) is 12.8. The van der Waals surface area contributed by atoms with Crippen LogP contribution in [0.1, 0.15) is 34.6 Å². The highest BCUT2D eigenvalue weighted by Crippen LogP contribution is 2.36. The third-order valence-electron chi connectivity index (χ3n) is 6.72. The Morgan fingerprint density at radius 3 is 2.43 bits per heavy atom. The van der Waals surface area contributed by atoms with Gasteiger partial charge in [0.25, 0.3) is 0 Å². The van der Waals surface area contributed by atoms with Gasteiger partial charge >= 0.3 is 6.03 Å². The lowest BCUT2D eigenvalue weighted by Crippen LogP contribution is -2.47. The molecular formula is C29H34N2O4. The van der Waals surface area contributed by atoms with E-state index in [1.54, 1.807) is 21.3 Å². The zero-order valence-corrected chi connectivity index (χ0v) is 20.7. The van der Waals surface area contributed by atoms with Crippen molar-refractivity contribution in [1.82, 2.24) is 10.6 Å². The van der Waals surface area contributed by atoms with E-state index in [0.717, 1.165) is 30.6 Å². The molecule has 184 valence electrons. The quantitative estimate of drug-likeness (QED) is 0.463. The van der Waals surface area contributed by atoms with Crippen LogP contribution in [0.2, 0.25) is 0 Å². The Balaban J connectivity index is 1.41. The zero-order valence-electron chi connectivity index (χ0n) is 20.7. The van der Waals surface area contributed by atoms with Crippen molar-refractivity contribution in [2.45, 2.75) is 37.6 Å². The van der Waals surface area contributed by atoms with Crippen LogP contribution in [0, 0.1) is 0 Å². The summed E-state index contributed by atoms with van der Waals surface area (Å²) in [6, 6.07) is 22.5. The van der Waals surface area contributed by atoms with Crippen LogP contribution in [0.4, 0.5) is 4.79 Å². The third kappa shape index (κ3) is 6.07. The minimum Gasteiger partial charge on any atom is -0.497 e. The van der Waals surface area contributed by atoms with E-state index >= 15 is 0 Å². The first-order chi connectivity index (χ1) is 17.1. The van der Waals surface area contributed by atoms with E-state index in [1.807, 2.05) is 30.3 Å². The van der Waals surface area contributed by atoms with Gasteiger partial charge in [0.05, 0.1) is 21.3 Å². The molecule has 0 heterocycles. The average Bonchev–Trinajstić information content (AvgIpc) is 2.90. The maximum absolute atomic E-state index is 12.8. The monoisotopic (exact) mass is 474 g/mol. The van der Waals surface area contributed by atoms with Crippen molar-refractivity contribution in [2.24, 2.45) is 0 Å². The SMILES string of the molecule is COc1ccc2c(c1)CCC(NC(=O)NCCc1ccc(OC)c(OC)c1)C2Cc1ccccc1. The summed E-state index contributed by atoms with van der Waals surface area (Å²) >= 11 is 0. The molecule has 6 heteroatoms. The van der Waals surface area contributed by atoms with E-state index in [4.69, 9.17) is 14.2 Å². The van der Waals surface area contributed by atoms with Crippen LogP contribution < -0.4 is 24.8 Å². The first kappa shape index (κ1) is 24.5. The van der Waals surface area contributed by atoms with E-state index in [9.17, 15) is 4.79 Å². The summed E-state index contributed by atoms with van der Waals surface area (Å²) in [7, 11) is 4.94. The van der Waals surface area contributed by atoms with E-state index < -0.39 is 0 Å². The number of hydrogen-bond acceptors (Lipinski definition) is 4. The Labute approximate surface area is 207 Å². The molecule has 0 saturated carbocycles. The molecule has 2 amide bonds. The molecule has 2 atom stereocenters. The van der Waals surface area contributed by atoms with Gasteiger partial charge in [-0.15, -0.1) is 0 Å². The van der Waals surface area contributed by atoms with Crippen LogP contribution in [-0.2, 0) is 19.3 Å². The van der Waals surface area contributed by atoms with Crippen molar-refractivity contribution in [1.29, 1.82) is 0 Å².